The van der Waals surface area contributed by atoms with Gasteiger partial charge in [-0.25, -0.2) is 0 Å². The molecule has 4 atom stereocenters. The van der Waals surface area contributed by atoms with E-state index in [0.717, 1.165) is 5.56 Å². The van der Waals surface area contributed by atoms with Crippen LogP contribution in [0.4, 0.5) is 0 Å². The highest BCUT2D eigenvalue weighted by atomic mass is 16.7. The molecule has 0 saturated carbocycles. The summed E-state index contributed by atoms with van der Waals surface area (Å²) in [6.07, 6.45) is 2.45. The predicted octanol–water partition coefficient (Wildman–Crippen LogP) is 3.54. The molecule has 2 aliphatic heterocycles. The van der Waals surface area contributed by atoms with Gasteiger partial charge in [0.05, 0.1) is 14.2 Å². The molecule has 29 heavy (non-hydrogen) atoms. The Morgan fingerprint density at radius 2 is 2.03 bits per heavy atom. The molecule has 0 N–H and O–H groups in total. The molecule has 0 bridgehead atoms. The minimum absolute atomic E-state index is 0.0776. The molecule has 1 aliphatic carbocycles. The highest BCUT2D eigenvalue weighted by Gasteiger charge is 2.59. The molecule has 1 saturated heterocycles. The van der Waals surface area contributed by atoms with Crippen molar-refractivity contribution in [3.8, 4) is 17.2 Å². The van der Waals surface area contributed by atoms with Gasteiger partial charge in [0.25, 0.3) is 0 Å². The van der Waals surface area contributed by atoms with Crippen molar-refractivity contribution in [2.75, 3.05) is 28.1 Å². The second kappa shape index (κ2) is 7.30. The first kappa shape index (κ1) is 19.6. The summed E-state index contributed by atoms with van der Waals surface area (Å²) < 4.78 is 34.4. The first-order chi connectivity index (χ1) is 14.0. The van der Waals surface area contributed by atoms with E-state index in [1.165, 1.54) is 7.11 Å². The van der Waals surface area contributed by atoms with Crippen LogP contribution in [0.3, 0.4) is 0 Å². The number of rotatable bonds is 6. The molecule has 0 aromatic heterocycles. The van der Waals surface area contributed by atoms with E-state index in [1.807, 2.05) is 12.1 Å². The topological polar surface area (TPSA) is 72.5 Å². The molecule has 0 spiro atoms. The molecule has 3 aliphatic rings. The number of ether oxygens (including phenoxy) is 6. The zero-order chi connectivity index (χ0) is 20.8. The van der Waals surface area contributed by atoms with E-state index >= 15 is 0 Å². The minimum Gasteiger partial charge on any atom is -0.493 e. The van der Waals surface area contributed by atoms with Gasteiger partial charge in [0, 0.05) is 24.5 Å². The normalized spacial score (nSPS) is 30.1. The van der Waals surface area contributed by atoms with Crippen LogP contribution in [0, 0.1) is 11.8 Å². The molecule has 2 heterocycles. The smallest absolute Gasteiger partial charge is 0.231 e. The Balaban J connectivity index is 1.80. The molecule has 7 heteroatoms. The Hall–Kier alpha value is -2.67. The molecule has 1 fully saturated rings. The molecule has 4 rings (SSSR count). The predicted molar refractivity (Wildman–Crippen MR) is 104 cm³/mol. The fraction of sp³-hybridized carbons (Fsp3) is 0.500. The number of methoxy groups -OCH3 is 3. The standard InChI is InChI=1S/C22H26O7/c1-6-7-13-10-22(26-5)12(2)18(29-21(22)20(25-4)17(13)23)14-8-15(24-3)19-16(9-14)27-11-28-19/h6,8-9,12-13,18H,1,7,10-11H2,2-5H3/t12-,13-,18+,22+/m0/s1. The van der Waals surface area contributed by atoms with Crippen molar-refractivity contribution in [3.05, 3.63) is 41.9 Å². The lowest BCUT2D eigenvalue weighted by molar-refractivity contribution is -0.129. The van der Waals surface area contributed by atoms with Crippen molar-refractivity contribution in [2.45, 2.75) is 31.5 Å². The lowest BCUT2D eigenvalue weighted by Gasteiger charge is -2.38. The average Bonchev–Trinajstić information content (AvgIpc) is 3.31. The van der Waals surface area contributed by atoms with Crippen molar-refractivity contribution in [1.82, 2.24) is 0 Å². The van der Waals surface area contributed by atoms with Gasteiger partial charge in [0.2, 0.25) is 24.1 Å². The van der Waals surface area contributed by atoms with Gasteiger partial charge < -0.3 is 28.4 Å². The molecular formula is C22H26O7. The number of Topliss-reactive ketones (excluding diaryl/α,β-unsaturated/α-hetero) is 1. The van der Waals surface area contributed by atoms with Crippen molar-refractivity contribution >= 4 is 5.78 Å². The van der Waals surface area contributed by atoms with E-state index in [2.05, 4.69) is 13.5 Å². The average molecular weight is 402 g/mol. The maximum atomic E-state index is 12.9. The third kappa shape index (κ3) is 2.79. The Morgan fingerprint density at radius 1 is 1.24 bits per heavy atom. The summed E-state index contributed by atoms with van der Waals surface area (Å²) in [6.45, 7) is 6.00. The number of fused-ring (bicyclic) bond motifs is 2. The van der Waals surface area contributed by atoms with E-state index in [-0.39, 0.29) is 36.3 Å². The summed E-state index contributed by atoms with van der Waals surface area (Å²) in [5.41, 5.74) is 0.0985. The van der Waals surface area contributed by atoms with Crippen LogP contribution in [-0.4, -0.2) is 39.5 Å². The molecular weight excluding hydrogens is 376 g/mol. The lowest BCUT2D eigenvalue weighted by atomic mass is 9.72. The molecule has 1 aromatic rings. The fourth-order valence-electron chi connectivity index (χ4n) is 4.68. The maximum Gasteiger partial charge on any atom is 0.231 e. The van der Waals surface area contributed by atoms with Gasteiger partial charge in [-0.1, -0.05) is 13.0 Å². The van der Waals surface area contributed by atoms with Crippen molar-refractivity contribution in [3.63, 3.8) is 0 Å². The Bertz CT molecular complexity index is 874. The van der Waals surface area contributed by atoms with Crippen LogP contribution in [0.5, 0.6) is 17.2 Å². The zero-order valence-corrected chi connectivity index (χ0v) is 17.2. The van der Waals surface area contributed by atoms with E-state index in [0.29, 0.717) is 35.8 Å². The SMILES string of the molecule is C=CC[C@H]1C[C@]2(OC)C(=C(OC)C1=O)O[C@@H](c1cc(OC)c3c(c1)OCO3)[C@@H]2C. The largest absolute Gasteiger partial charge is 0.493 e. The number of carbonyl (C=O) groups excluding carboxylic acids is 1. The fourth-order valence-corrected chi connectivity index (χ4v) is 4.68. The van der Waals surface area contributed by atoms with Crippen molar-refractivity contribution in [2.24, 2.45) is 11.8 Å². The van der Waals surface area contributed by atoms with Crippen LogP contribution in [0.1, 0.15) is 31.4 Å². The number of carbonyl (C=O) groups is 1. The Morgan fingerprint density at radius 3 is 2.69 bits per heavy atom. The minimum atomic E-state index is -0.763. The van der Waals surface area contributed by atoms with Crippen molar-refractivity contribution in [1.29, 1.82) is 0 Å². The number of hydrogen-bond acceptors (Lipinski definition) is 7. The van der Waals surface area contributed by atoms with Gasteiger partial charge in [-0.3, -0.25) is 4.79 Å². The molecule has 0 unspecified atom stereocenters. The van der Waals surface area contributed by atoms with Gasteiger partial charge in [0.15, 0.2) is 17.3 Å². The summed E-state index contributed by atoms with van der Waals surface area (Å²) in [7, 11) is 4.72. The van der Waals surface area contributed by atoms with Crippen LogP contribution in [0.25, 0.3) is 0 Å². The second-order valence-corrected chi connectivity index (χ2v) is 7.53. The molecule has 0 amide bonds. The highest BCUT2D eigenvalue weighted by Crippen LogP contribution is 2.57. The number of allylic oxidation sites excluding steroid dienone is 2. The Labute approximate surface area is 170 Å². The Kier molecular flexibility index (Phi) is 4.94. The van der Waals surface area contributed by atoms with Crippen LogP contribution in [0.15, 0.2) is 36.3 Å². The monoisotopic (exact) mass is 402 g/mol. The third-order valence-electron chi connectivity index (χ3n) is 6.20. The van der Waals surface area contributed by atoms with Crippen LogP contribution in [-0.2, 0) is 19.0 Å². The van der Waals surface area contributed by atoms with Crippen LogP contribution >= 0.6 is 0 Å². The molecule has 0 radical (unpaired) electrons. The quantitative estimate of drug-likeness (QED) is 0.674. The maximum absolute atomic E-state index is 12.9. The lowest BCUT2D eigenvalue weighted by Crippen LogP contribution is -2.45. The van der Waals surface area contributed by atoms with E-state index in [1.54, 1.807) is 20.3 Å². The highest BCUT2D eigenvalue weighted by molar-refractivity contribution is 5.97. The van der Waals surface area contributed by atoms with E-state index in [9.17, 15) is 4.79 Å². The summed E-state index contributed by atoms with van der Waals surface area (Å²) in [6, 6.07) is 3.77. The number of hydrogen-bond donors (Lipinski definition) is 0. The van der Waals surface area contributed by atoms with E-state index in [4.69, 9.17) is 28.4 Å². The summed E-state index contributed by atoms with van der Waals surface area (Å²) in [4.78, 5) is 12.9. The molecule has 156 valence electrons. The number of benzene rings is 1. The summed E-state index contributed by atoms with van der Waals surface area (Å²) in [5, 5.41) is 0. The van der Waals surface area contributed by atoms with Gasteiger partial charge in [-0.15, -0.1) is 6.58 Å². The first-order valence-corrected chi connectivity index (χ1v) is 9.63. The van der Waals surface area contributed by atoms with Crippen molar-refractivity contribution < 1.29 is 33.2 Å². The van der Waals surface area contributed by atoms with Crippen LogP contribution < -0.4 is 14.2 Å². The first-order valence-electron chi connectivity index (χ1n) is 9.63. The summed E-state index contributed by atoms with van der Waals surface area (Å²) >= 11 is 0. The molecule has 1 aromatic carbocycles. The van der Waals surface area contributed by atoms with Gasteiger partial charge >= 0.3 is 0 Å². The molecule has 7 nitrogen and oxygen atoms in total. The number of ketones is 1. The van der Waals surface area contributed by atoms with Gasteiger partial charge in [-0.05, 0) is 25.0 Å². The zero-order valence-electron chi connectivity index (χ0n) is 17.2. The van der Waals surface area contributed by atoms with Crippen LogP contribution in [0.2, 0.25) is 0 Å². The third-order valence-corrected chi connectivity index (χ3v) is 6.20. The summed E-state index contributed by atoms with van der Waals surface area (Å²) in [5.74, 6) is 2.03. The second-order valence-electron chi connectivity index (χ2n) is 7.53. The van der Waals surface area contributed by atoms with Gasteiger partial charge in [-0.2, -0.15) is 0 Å². The van der Waals surface area contributed by atoms with E-state index < -0.39 is 5.60 Å². The van der Waals surface area contributed by atoms with Gasteiger partial charge in [0.1, 0.15) is 11.7 Å².